The van der Waals surface area contributed by atoms with E-state index in [4.69, 9.17) is 4.42 Å². The Balaban J connectivity index is 2.09. The number of benzene rings is 1. The Labute approximate surface area is 127 Å². The van der Waals surface area contributed by atoms with Crippen molar-refractivity contribution in [2.45, 2.75) is 6.10 Å². The van der Waals surface area contributed by atoms with E-state index >= 15 is 0 Å². The number of nitrogens with zero attached hydrogens (tertiary/aromatic N) is 2. The largest absolute Gasteiger partial charge is 0.466 e. The van der Waals surface area contributed by atoms with E-state index < -0.39 is 28.1 Å². The lowest BCUT2D eigenvalue weighted by Gasteiger charge is -2.06. The highest BCUT2D eigenvalue weighted by Gasteiger charge is 2.26. The number of aliphatic hydroxyl groups excluding tert-OH is 1. The number of carbonyl (C=O) groups excluding carboxylic acids is 1. The summed E-state index contributed by atoms with van der Waals surface area (Å²) in [6.45, 7) is 0. The van der Waals surface area contributed by atoms with E-state index in [2.05, 4.69) is 9.97 Å². The number of rotatable bonds is 4. The molecule has 0 saturated carbocycles. The van der Waals surface area contributed by atoms with Crippen molar-refractivity contribution in [2.24, 2.45) is 0 Å². The number of aromatic amines is 1. The van der Waals surface area contributed by atoms with Crippen LogP contribution in [-0.4, -0.2) is 25.8 Å². The number of carbonyl (C=O) groups is 1. The lowest BCUT2D eigenvalue weighted by Crippen LogP contribution is -2.24. The van der Waals surface area contributed by atoms with Gasteiger partial charge in [0.05, 0.1) is 22.2 Å². The highest BCUT2D eigenvalue weighted by atomic mass is 16.6. The fraction of sp³-hybridized carbons (Fsp3) is 0.0714. The number of non-ortho nitro benzene ring substituents is 1. The van der Waals surface area contributed by atoms with Gasteiger partial charge in [-0.3, -0.25) is 19.7 Å². The third-order valence-corrected chi connectivity index (χ3v) is 3.18. The van der Waals surface area contributed by atoms with E-state index in [1.165, 1.54) is 30.5 Å². The molecule has 116 valence electrons. The number of ketones is 1. The summed E-state index contributed by atoms with van der Waals surface area (Å²) < 4.78 is 4.92. The molecule has 0 aliphatic carbocycles. The quantitative estimate of drug-likeness (QED) is 0.420. The Morgan fingerprint density at radius 1 is 1.39 bits per heavy atom. The van der Waals surface area contributed by atoms with Crippen LogP contribution in [-0.2, 0) is 0 Å². The van der Waals surface area contributed by atoms with E-state index in [0.29, 0.717) is 0 Å². The molecule has 0 aliphatic rings. The van der Waals surface area contributed by atoms with Gasteiger partial charge in [-0.05, 0) is 18.2 Å². The van der Waals surface area contributed by atoms with Crippen LogP contribution in [0.15, 0.2) is 45.8 Å². The van der Waals surface area contributed by atoms with Crippen LogP contribution in [0.5, 0.6) is 0 Å². The fourth-order valence-electron chi connectivity index (χ4n) is 2.06. The predicted molar refractivity (Wildman–Crippen MR) is 77.0 cm³/mol. The van der Waals surface area contributed by atoms with Crippen LogP contribution in [0.3, 0.4) is 0 Å². The summed E-state index contributed by atoms with van der Waals surface area (Å²) in [5.74, 6) is -0.995. The summed E-state index contributed by atoms with van der Waals surface area (Å²) in [6.07, 6.45) is -0.414. The van der Waals surface area contributed by atoms with Crippen LogP contribution in [0.2, 0.25) is 0 Å². The first-order valence-corrected chi connectivity index (χ1v) is 6.41. The number of aromatic nitrogens is 2. The first kappa shape index (κ1) is 14.6. The van der Waals surface area contributed by atoms with Crippen molar-refractivity contribution < 1.29 is 19.2 Å². The molecule has 1 aromatic carbocycles. The van der Waals surface area contributed by atoms with Crippen molar-refractivity contribution in [3.63, 3.8) is 0 Å². The third-order valence-electron chi connectivity index (χ3n) is 3.18. The molecular weight excluding hydrogens is 306 g/mol. The number of hydrogen-bond donors (Lipinski definition) is 2. The number of H-pyrrole nitrogens is 1. The van der Waals surface area contributed by atoms with Gasteiger partial charge in [-0.2, -0.15) is 0 Å². The molecular formula is C14H9N3O6. The second kappa shape index (κ2) is 5.46. The van der Waals surface area contributed by atoms with Gasteiger partial charge in [0.25, 0.3) is 11.2 Å². The normalized spacial score (nSPS) is 12.2. The molecule has 0 saturated heterocycles. The SMILES string of the molecule is O=C(c1nc2cc([N+](=O)[O-])ccc2[nH]c1=O)[C@H](O)c1ccco1. The molecule has 0 spiro atoms. The Morgan fingerprint density at radius 3 is 2.83 bits per heavy atom. The summed E-state index contributed by atoms with van der Waals surface area (Å²) in [7, 11) is 0. The van der Waals surface area contributed by atoms with Crippen LogP contribution in [0, 0.1) is 10.1 Å². The zero-order valence-corrected chi connectivity index (χ0v) is 11.4. The van der Waals surface area contributed by atoms with Crippen LogP contribution in [0.25, 0.3) is 11.0 Å². The van der Waals surface area contributed by atoms with E-state index in [0.717, 1.165) is 6.07 Å². The molecule has 0 fully saturated rings. The molecule has 23 heavy (non-hydrogen) atoms. The van der Waals surface area contributed by atoms with Gasteiger partial charge < -0.3 is 14.5 Å². The molecule has 3 aromatic rings. The maximum Gasteiger partial charge on any atom is 0.278 e. The van der Waals surface area contributed by atoms with Gasteiger partial charge in [-0.15, -0.1) is 0 Å². The molecule has 1 atom stereocenters. The topological polar surface area (TPSA) is 139 Å². The van der Waals surface area contributed by atoms with Gasteiger partial charge in [0, 0.05) is 12.1 Å². The average Bonchev–Trinajstić information content (AvgIpc) is 3.06. The van der Waals surface area contributed by atoms with E-state index in [1.54, 1.807) is 0 Å². The molecule has 2 aromatic heterocycles. The summed E-state index contributed by atoms with van der Waals surface area (Å²) in [6, 6.07) is 6.51. The summed E-state index contributed by atoms with van der Waals surface area (Å²) >= 11 is 0. The van der Waals surface area contributed by atoms with Gasteiger partial charge in [-0.25, -0.2) is 4.98 Å². The van der Waals surface area contributed by atoms with Crippen molar-refractivity contribution in [2.75, 3.05) is 0 Å². The molecule has 3 rings (SSSR count). The zero-order valence-electron chi connectivity index (χ0n) is 11.4. The number of nitro groups is 1. The molecule has 2 N–H and O–H groups in total. The maximum absolute atomic E-state index is 12.2. The second-order valence-electron chi connectivity index (χ2n) is 4.66. The summed E-state index contributed by atoms with van der Waals surface area (Å²) in [5.41, 5.74) is -1.29. The Morgan fingerprint density at radius 2 is 2.17 bits per heavy atom. The van der Waals surface area contributed by atoms with Crippen molar-refractivity contribution in [1.82, 2.24) is 9.97 Å². The minimum Gasteiger partial charge on any atom is -0.466 e. The van der Waals surface area contributed by atoms with E-state index in [1.807, 2.05) is 0 Å². The van der Waals surface area contributed by atoms with Crippen LogP contribution in [0.1, 0.15) is 22.4 Å². The lowest BCUT2D eigenvalue weighted by molar-refractivity contribution is -0.384. The first-order valence-electron chi connectivity index (χ1n) is 6.41. The maximum atomic E-state index is 12.2. The highest BCUT2D eigenvalue weighted by molar-refractivity contribution is 5.98. The number of aliphatic hydroxyl groups is 1. The van der Waals surface area contributed by atoms with Crippen molar-refractivity contribution in [3.05, 3.63) is 68.5 Å². The van der Waals surface area contributed by atoms with Crippen molar-refractivity contribution in [1.29, 1.82) is 0 Å². The molecule has 0 radical (unpaired) electrons. The lowest BCUT2D eigenvalue weighted by atomic mass is 10.1. The first-order chi connectivity index (χ1) is 11.0. The minimum atomic E-state index is -1.69. The standard InChI is InChI=1S/C14H9N3O6/c18-12(10-2-1-5-23-10)13(19)11-14(20)16-8-4-3-7(17(21)22)6-9(8)15-11/h1-6,12,18H,(H,16,20)/t12-/m1/s1. The number of furan rings is 1. The highest BCUT2D eigenvalue weighted by Crippen LogP contribution is 2.19. The molecule has 0 aliphatic heterocycles. The molecule has 0 unspecified atom stereocenters. The Hall–Kier alpha value is -3.33. The Bertz CT molecular complexity index is 960. The van der Waals surface area contributed by atoms with Crippen molar-refractivity contribution >= 4 is 22.5 Å². The second-order valence-corrected chi connectivity index (χ2v) is 4.66. The van der Waals surface area contributed by atoms with E-state index in [9.17, 15) is 24.8 Å². The minimum absolute atomic E-state index is 0.0321. The van der Waals surface area contributed by atoms with Gasteiger partial charge in [0.1, 0.15) is 5.76 Å². The number of hydrogen-bond acceptors (Lipinski definition) is 7. The molecule has 9 nitrogen and oxygen atoms in total. The van der Waals surface area contributed by atoms with Crippen LogP contribution >= 0.6 is 0 Å². The summed E-state index contributed by atoms with van der Waals surface area (Å²) in [4.78, 5) is 40.6. The Kier molecular flexibility index (Phi) is 3.47. The van der Waals surface area contributed by atoms with Crippen molar-refractivity contribution in [3.8, 4) is 0 Å². The van der Waals surface area contributed by atoms with Gasteiger partial charge >= 0.3 is 0 Å². The van der Waals surface area contributed by atoms with Crippen LogP contribution in [0.4, 0.5) is 5.69 Å². The van der Waals surface area contributed by atoms with Crippen LogP contribution < -0.4 is 5.56 Å². The number of nitrogens with one attached hydrogen (secondary N) is 1. The summed E-state index contributed by atoms with van der Waals surface area (Å²) in [5, 5.41) is 20.7. The van der Waals surface area contributed by atoms with Gasteiger partial charge in [-0.1, -0.05) is 0 Å². The monoisotopic (exact) mass is 315 g/mol. The van der Waals surface area contributed by atoms with E-state index in [-0.39, 0.29) is 22.5 Å². The fourth-order valence-corrected chi connectivity index (χ4v) is 2.06. The molecule has 0 bridgehead atoms. The molecule has 2 heterocycles. The smallest absolute Gasteiger partial charge is 0.278 e. The van der Waals surface area contributed by atoms with Gasteiger partial charge in [0.2, 0.25) is 5.78 Å². The predicted octanol–water partition coefficient (Wildman–Crippen LogP) is 1.34. The number of Topliss-reactive ketones (excluding diaryl/α,β-unsaturated/α-hetero) is 1. The third kappa shape index (κ3) is 2.60. The molecule has 0 amide bonds. The number of fused-ring (bicyclic) bond motifs is 1. The average molecular weight is 315 g/mol. The van der Waals surface area contributed by atoms with Gasteiger partial charge in [0.15, 0.2) is 11.8 Å². The zero-order chi connectivity index (χ0) is 16.6. The molecule has 9 heteroatoms. The number of nitro benzene ring substituents is 1.